The van der Waals surface area contributed by atoms with Crippen molar-refractivity contribution in [3.63, 3.8) is 0 Å². The van der Waals surface area contributed by atoms with Gasteiger partial charge in [0.1, 0.15) is 0 Å². The molecule has 1 fully saturated rings. The highest BCUT2D eigenvalue weighted by Crippen LogP contribution is 2.67. The molecule has 0 bridgehead atoms. The van der Waals surface area contributed by atoms with Crippen molar-refractivity contribution in [1.29, 1.82) is 0 Å². The number of aliphatic carboxylic acids is 1. The Morgan fingerprint density at radius 1 is 0.824 bits per heavy atom. The summed E-state index contributed by atoms with van der Waals surface area (Å²) >= 11 is 0. The van der Waals surface area contributed by atoms with Crippen LogP contribution in [0.25, 0.3) is 0 Å². The minimum Gasteiger partial charge on any atom is -0.481 e. The lowest BCUT2D eigenvalue weighted by Crippen LogP contribution is -2.86. The molecule has 0 amide bonds. The van der Waals surface area contributed by atoms with Gasteiger partial charge in [0.25, 0.3) is 10.0 Å². The molecule has 1 aliphatic rings. The van der Waals surface area contributed by atoms with E-state index < -0.39 is 81.4 Å². The van der Waals surface area contributed by atoms with Gasteiger partial charge in [-0.25, -0.2) is 13.1 Å². The van der Waals surface area contributed by atoms with E-state index in [1.165, 1.54) is 0 Å². The summed E-state index contributed by atoms with van der Waals surface area (Å²) in [6.07, 6.45) is 0.225. The Morgan fingerprint density at radius 3 is 1.62 bits per heavy atom. The summed E-state index contributed by atoms with van der Waals surface area (Å²) in [5.74, 6) is -24.9. The maximum absolute atomic E-state index is 14.0. The van der Waals surface area contributed by atoms with E-state index in [9.17, 15) is 74.7 Å². The van der Waals surface area contributed by atoms with Gasteiger partial charge in [0.2, 0.25) is 0 Å². The SMILES string of the molecule is O=C(O)CC/C=C\CNS(=O)(=O)C(F)(F)C(F)(F)N1C(F)(F)C(F)(F)C(F)(F)C(F)(F)C1(F)F. The number of nitrogens with zero attached hydrogens (tertiary/aromatic N) is 1. The molecule has 1 heterocycles. The van der Waals surface area contributed by atoms with E-state index in [2.05, 4.69) is 0 Å². The van der Waals surface area contributed by atoms with Gasteiger partial charge in [0.05, 0.1) is 0 Å². The molecular weight excluding hydrogens is 546 g/mol. The second-order valence-corrected chi connectivity index (χ2v) is 8.26. The Balaban J connectivity index is 3.50. The minimum absolute atomic E-state index is 0.395. The summed E-state index contributed by atoms with van der Waals surface area (Å²) in [5, 5.41) is 0.969. The number of alkyl halides is 14. The van der Waals surface area contributed by atoms with Crippen LogP contribution >= 0.6 is 0 Å². The molecule has 0 aliphatic carbocycles. The van der Waals surface area contributed by atoms with E-state index in [0.717, 1.165) is 6.08 Å². The Hall–Kier alpha value is -1.90. The number of sulfonamides is 1. The van der Waals surface area contributed by atoms with E-state index in [4.69, 9.17) is 5.11 Å². The number of piperidine rings is 1. The van der Waals surface area contributed by atoms with Crippen LogP contribution in [0.4, 0.5) is 61.5 Å². The maximum Gasteiger partial charge on any atom is 0.435 e. The number of carboxylic acids is 1. The Labute approximate surface area is 179 Å². The fraction of sp³-hybridized carbons (Fsp3) is 0.769. The van der Waals surface area contributed by atoms with Crippen molar-refractivity contribution in [1.82, 2.24) is 9.62 Å². The molecule has 6 nitrogen and oxygen atoms in total. The van der Waals surface area contributed by atoms with Crippen LogP contribution in [0.2, 0.25) is 0 Å². The summed E-state index contributed by atoms with van der Waals surface area (Å²) in [6.45, 7) is -1.47. The lowest BCUT2D eigenvalue weighted by Gasteiger charge is -2.53. The van der Waals surface area contributed by atoms with Crippen molar-refractivity contribution in [2.75, 3.05) is 6.54 Å². The second-order valence-electron chi connectivity index (χ2n) is 6.45. The van der Waals surface area contributed by atoms with E-state index in [1.807, 2.05) is 0 Å². The highest BCUT2D eigenvalue weighted by Gasteiger charge is 2.99. The molecule has 0 spiro atoms. The third-order valence-corrected chi connectivity index (χ3v) is 5.62. The number of carboxylic acid groups (broad SMARTS) is 1. The first kappa shape index (κ1) is 30.1. The van der Waals surface area contributed by atoms with Gasteiger partial charge in [-0.05, 0) is 6.42 Å². The lowest BCUT2D eigenvalue weighted by molar-refractivity contribution is -0.543. The van der Waals surface area contributed by atoms with Crippen molar-refractivity contribution < 1.29 is 79.8 Å². The summed E-state index contributed by atoms with van der Waals surface area (Å²) in [7, 11) is -7.16. The van der Waals surface area contributed by atoms with Crippen LogP contribution in [-0.4, -0.2) is 72.1 Å². The molecule has 0 aromatic rings. The number of allylic oxidation sites excluding steroid dienone is 1. The quantitative estimate of drug-likeness (QED) is 0.256. The number of carbonyl (C=O) groups is 1. The molecule has 0 saturated carbocycles. The van der Waals surface area contributed by atoms with Crippen molar-refractivity contribution in [3.8, 4) is 0 Å². The molecule has 1 saturated heterocycles. The van der Waals surface area contributed by atoms with Gasteiger partial charge in [-0.3, -0.25) is 4.79 Å². The summed E-state index contributed by atoms with van der Waals surface area (Å²) in [4.78, 5) is 5.95. The average Bonchev–Trinajstić information content (AvgIpc) is 2.61. The molecule has 0 unspecified atom stereocenters. The first-order valence-corrected chi connectivity index (χ1v) is 9.58. The average molecular weight is 556 g/mol. The Kier molecular flexibility index (Phi) is 7.40. The number of rotatable bonds is 9. The van der Waals surface area contributed by atoms with E-state index in [-0.39, 0.29) is 0 Å². The third kappa shape index (κ3) is 3.97. The molecule has 34 heavy (non-hydrogen) atoms. The largest absolute Gasteiger partial charge is 0.481 e. The lowest BCUT2D eigenvalue weighted by atomic mass is 9.93. The minimum atomic E-state index is -7.86. The zero-order valence-corrected chi connectivity index (χ0v) is 16.4. The van der Waals surface area contributed by atoms with Crippen molar-refractivity contribution in [2.45, 2.75) is 54.0 Å². The van der Waals surface area contributed by atoms with E-state index in [1.54, 1.807) is 0 Å². The first-order chi connectivity index (χ1) is 14.8. The van der Waals surface area contributed by atoms with Gasteiger partial charge in [-0.15, -0.1) is 4.90 Å². The normalized spacial score (nSPS) is 24.3. The number of hydrogen-bond donors (Lipinski definition) is 2. The molecule has 0 atom stereocenters. The smallest absolute Gasteiger partial charge is 0.435 e. The van der Waals surface area contributed by atoms with Gasteiger partial charge in [0, 0.05) is 13.0 Å². The number of nitrogens with one attached hydrogen (secondary N) is 1. The highest BCUT2D eigenvalue weighted by atomic mass is 32.2. The molecule has 1 rings (SSSR count). The van der Waals surface area contributed by atoms with Crippen LogP contribution < -0.4 is 4.72 Å². The van der Waals surface area contributed by atoms with Gasteiger partial charge in [-0.1, -0.05) is 12.2 Å². The predicted molar refractivity (Wildman–Crippen MR) is 79.4 cm³/mol. The topological polar surface area (TPSA) is 86.7 Å². The highest BCUT2D eigenvalue weighted by molar-refractivity contribution is 7.90. The first-order valence-electron chi connectivity index (χ1n) is 8.09. The van der Waals surface area contributed by atoms with E-state index in [0.29, 0.717) is 10.8 Å². The number of hydrogen-bond acceptors (Lipinski definition) is 4. The second kappa shape index (κ2) is 8.35. The predicted octanol–water partition coefficient (Wildman–Crippen LogP) is 3.92. The van der Waals surface area contributed by atoms with Crippen LogP contribution in [0.3, 0.4) is 0 Å². The summed E-state index contributed by atoms with van der Waals surface area (Å²) < 4.78 is 213. The van der Waals surface area contributed by atoms with Crippen LogP contribution in [-0.2, 0) is 14.8 Å². The number of halogens is 14. The molecule has 0 aromatic carbocycles. The molecule has 200 valence electrons. The van der Waals surface area contributed by atoms with Crippen molar-refractivity contribution in [3.05, 3.63) is 12.2 Å². The van der Waals surface area contributed by atoms with Gasteiger partial charge in [-0.2, -0.15) is 61.5 Å². The zero-order valence-electron chi connectivity index (χ0n) is 15.6. The summed E-state index contributed by atoms with van der Waals surface area (Å²) in [5.41, 5.74) is 0. The van der Waals surface area contributed by atoms with Gasteiger partial charge < -0.3 is 5.11 Å². The molecule has 21 heteroatoms. The van der Waals surface area contributed by atoms with Crippen LogP contribution in [0.15, 0.2) is 12.2 Å². The Bertz CT molecular complexity index is 904. The zero-order chi connectivity index (χ0) is 27.4. The molecule has 0 aromatic heterocycles. The fourth-order valence-electron chi connectivity index (χ4n) is 2.33. The van der Waals surface area contributed by atoms with Gasteiger partial charge >= 0.3 is 47.1 Å². The Morgan fingerprint density at radius 2 is 1.24 bits per heavy atom. The van der Waals surface area contributed by atoms with Crippen LogP contribution in [0.1, 0.15) is 12.8 Å². The van der Waals surface area contributed by atoms with Crippen LogP contribution in [0.5, 0.6) is 0 Å². The molecule has 1 aliphatic heterocycles. The van der Waals surface area contributed by atoms with Crippen molar-refractivity contribution >= 4 is 16.0 Å². The molecule has 0 radical (unpaired) electrons. The summed E-state index contributed by atoms with van der Waals surface area (Å²) in [6, 6.07) is -23.6. The third-order valence-electron chi connectivity index (χ3n) is 4.16. The molecule has 2 N–H and O–H groups in total. The fourth-order valence-corrected chi connectivity index (χ4v) is 3.24. The molecular formula is C13H10F14N2O4S. The van der Waals surface area contributed by atoms with Crippen LogP contribution in [0, 0.1) is 0 Å². The van der Waals surface area contributed by atoms with E-state index >= 15 is 0 Å². The maximum atomic E-state index is 14.0. The standard InChI is InChI=1S/C13H10F14N2O4S/c14-7(15)8(16,17)10(20,21)29(11(22,23)9(7,18)19)12(24,25)13(26,27)34(32,33)28-5-3-1-2-4-6(30)31/h1,3,28H,2,4-5H2,(H,30,31)/b3-1-. The monoisotopic (exact) mass is 556 g/mol. The number of likely N-dealkylation sites (tertiary alicyclic amines) is 1. The van der Waals surface area contributed by atoms with Crippen molar-refractivity contribution in [2.24, 2.45) is 0 Å². The van der Waals surface area contributed by atoms with Gasteiger partial charge in [0.15, 0.2) is 0 Å².